The monoisotopic (exact) mass is 364 g/mol. The van der Waals surface area contributed by atoms with Crippen LogP contribution in [0.1, 0.15) is 31.8 Å². The Kier molecular flexibility index (Phi) is 2.84. The predicted molar refractivity (Wildman–Crippen MR) is 105 cm³/mol. The molecular formula is C23H12N2O3. The summed E-state index contributed by atoms with van der Waals surface area (Å²) in [6.45, 7) is 0. The lowest BCUT2D eigenvalue weighted by atomic mass is 9.83. The average Bonchev–Trinajstić information content (AvgIpc) is 3.35. The molecule has 1 N–H and O–H groups in total. The number of aromatic nitrogens is 2. The first kappa shape index (κ1) is 15.1. The Morgan fingerprint density at radius 3 is 2.36 bits per heavy atom. The average molecular weight is 364 g/mol. The Morgan fingerprint density at radius 2 is 1.54 bits per heavy atom. The molecule has 5 nitrogen and oxygen atoms in total. The van der Waals surface area contributed by atoms with E-state index < -0.39 is 0 Å². The fraction of sp³-hybridized carbons (Fsp3) is 0. The number of imidazole rings is 1. The minimum absolute atomic E-state index is 0.152. The van der Waals surface area contributed by atoms with E-state index in [1.807, 2.05) is 30.3 Å². The molecule has 6 rings (SSSR count). The molecule has 2 aromatic heterocycles. The number of rotatable bonds is 1. The fourth-order valence-electron chi connectivity index (χ4n) is 3.87. The predicted octanol–water partition coefficient (Wildman–Crippen LogP) is 4.75. The van der Waals surface area contributed by atoms with E-state index in [9.17, 15) is 9.59 Å². The Labute approximate surface area is 158 Å². The Bertz CT molecular complexity index is 1420. The van der Waals surface area contributed by atoms with Gasteiger partial charge < -0.3 is 9.40 Å². The van der Waals surface area contributed by atoms with Gasteiger partial charge in [-0.25, -0.2) is 4.98 Å². The number of para-hydroxylation sites is 1. The maximum atomic E-state index is 13.1. The van der Waals surface area contributed by atoms with Crippen molar-refractivity contribution in [1.29, 1.82) is 0 Å². The topological polar surface area (TPSA) is 76.0 Å². The highest BCUT2D eigenvalue weighted by molar-refractivity contribution is 6.31. The Hall–Kier alpha value is -3.99. The van der Waals surface area contributed by atoms with Gasteiger partial charge in [-0.2, -0.15) is 0 Å². The first-order valence-corrected chi connectivity index (χ1v) is 8.91. The molecule has 0 amide bonds. The number of ketones is 2. The molecule has 5 heteroatoms. The molecule has 0 radical (unpaired) electrons. The third-order valence-electron chi connectivity index (χ3n) is 5.20. The van der Waals surface area contributed by atoms with Gasteiger partial charge in [0.25, 0.3) is 0 Å². The third-order valence-corrected chi connectivity index (χ3v) is 5.20. The highest BCUT2D eigenvalue weighted by Gasteiger charge is 2.32. The van der Waals surface area contributed by atoms with Crippen LogP contribution in [-0.2, 0) is 0 Å². The summed E-state index contributed by atoms with van der Waals surface area (Å²) in [6.07, 6.45) is 0. The van der Waals surface area contributed by atoms with E-state index in [4.69, 9.17) is 4.42 Å². The van der Waals surface area contributed by atoms with Crippen molar-refractivity contribution in [2.75, 3.05) is 0 Å². The van der Waals surface area contributed by atoms with E-state index in [1.165, 1.54) is 0 Å². The molecule has 0 unspecified atom stereocenters. The molecule has 0 fully saturated rings. The van der Waals surface area contributed by atoms with Gasteiger partial charge >= 0.3 is 0 Å². The van der Waals surface area contributed by atoms with Crippen molar-refractivity contribution in [1.82, 2.24) is 9.97 Å². The number of fused-ring (bicyclic) bond motifs is 5. The molecule has 2 heterocycles. The van der Waals surface area contributed by atoms with Crippen molar-refractivity contribution in [3.63, 3.8) is 0 Å². The second-order valence-corrected chi connectivity index (χ2v) is 6.82. The first-order chi connectivity index (χ1) is 13.7. The quantitative estimate of drug-likeness (QED) is 0.457. The van der Waals surface area contributed by atoms with Gasteiger partial charge in [0.15, 0.2) is 23.2 Å². The van der Waals surface area contributed by atoms with Gasteiger partial charge in [0, 0.05) is 22.1 Å². The van der Waals surface area contributed by atoms with Crippen LogP contribution in [0.3, 0.4) is 0 Å². The molecule has 0 bridgehead atoms. The number of aromatic amines is 1. The SMILES string of the molecule is O=C1c2ccccc2C(=O)c2c1ccc1[nH]c(-c3cc4ccccc4o3)nc21. The van der Waals surface area contributed by atoms with Crippen molar-refractivity contribution in [2.45, 2.75) is 0 Å². The van der Waals surface area contributed by atoms with Crippen molar-refractivity contribution < 1.29 is 14.0 Å². The van der Waals surface area contributed by atoms with Gasteiger partial charge in [-0.3, -0.25) is 9.59 Å². The van der Waals surface area contributed by atoms with Gasteiger partial charge in [-0.1, -0.05) is 42.5 Å². The van der Waals surface area contributed by atoms with Gasteiger partial charge in [0.1, 0.15) is 11.1 Å². The van der Waals surface area contributed by atoms with Crippen LogP contribution in [-0.4, -0.2) is 21.5 Å². The summed E-state index contributed by atoms with van der Waals surface area (Å²) in [4.78, 5) is 33.8. The lowest BCUT2D eigenvalue weighted by Crippen LogP contribution is -2.21. The van der Waals surface area contributed by atoms with Crippen LogP contribution in [0.2, 0.25) is 0 Å². The van der Waals surface area contributed by atoms with Crippen LogP contribution in [0.4, 0.5) is 0 Å². The van der Waals surface area contributed by atoms with Crippen LogP contribution in [0.5, 0.6) is 0 Å². The molecule has 0 saturated carbocycles. The molecule has 1 aliphatic rings. The Morgan fingerprint density at radius 1 is 0.786 bits per heavy atom. The standard InChI is InChI=1S/C23H12N2O3/c26-21-13-6-2-3-7-14(13)22(27)19-15(21)9-10-16-20(19)25-23(24-16)18-11-12-5-1-4-8-17(12)28-18/h1-11H,(H,24,25). The number of hydrogen-bond acceptors (Lipinski definition) is 4. The largest absolute Gasteiger partial charge is 0.453 e. The van der Waals surface area contributed by atoms with Crippen LogP contribution in [0.15, 0.2) is 71.1 Å². The molecule has 3 aromatic carbocycles. The number of carbonyl (C=O) groups is 2. The second kappa shape index (κ2) is 5.27. The highest BCUT2D eigenvalue weighted by Crippen LogP contribution is 2.34. The van der Waals surface area contributed by atoms with Gasteiger partial charge in [-0.05, 0) is 24.3 Å². The Balaban J connectivity index is 1.59. The maximum absolute atomic E-state index is 13.1. The molecule has 0 spiro atoms. The van der Waals surface area contributed by atoms with Crippen LogP contribution < -0.4 is 0 Å². The van der Waals surface area contributed by atoms with E-state index in [0.29, 0.717) is 44.9 Å². The minimum Gasteiger partial charge on any atom is -0.453 e. The maximum Gasteiger partial charge on any atom is 0.196 e. The van der Waals surface area contributed by atoms with Crippen molar-refractivity contribution in [3.8, 4) is 11.6 Å². The third kappa shape index (κ3) is 1.93. The number of nitrogens with zero attached hydrogens (tertiary/aromatic N) is 1. The van der Waals surface area contributed by atoms with Gasteiger partial charge in [0.2, 0.25) is 0 Å². The van der Waals surface area contributed by atoms with Crippen LogP contribution in [0, 0.1) is 0 Å². The zero-order chi connectivity index (χ0) is 18.8. The summed E-state index contributed by atoms with van der Waals surface area (Å²) < 4.78 is 5.89. The molecule has 0 atom stereocenters. The highest BCUT2D eigenvalue weighted by atomic mass is 16.3. The second-order valence-electron chi connectivity index (χ2n) is 6.82. The zero-order valence-corrected chi connectivity index (χ0v) is 14.5. The molecule has 0 saturated heterocycles. The van der Waals surface area contributed by atoms with E-state index in [2.05, 4.69) is 9.97 Å². The van der Waals surface area contributed by atoms with E-state index in [0.717, 1.165) is 11.0 Å². The van der Waals surface area contributed by atoms with Crippen LogP contribution in [0.25, 0.3) is 33.6 Å². The molecule has 28 heavy (non-hydrogen) atoms. The number of benzene rings is 3. The number of carbonyl (C=O) groups excluding carboxylic acids is 2. The number of H-pyrrole nitrogens is 1. The molecule has 1 aliphatic carbocycles. The minimum atomic E-state index is -0.182. The molecule has 132 valence electrons. The fourth-order valence-corrected chi connectivity index (χ4v) is 3.87. The lowest BCUT2D eigenvalue weighted by molar-refractivity contribution is 0.0980. The van der Waals surface area contributed by atoms with E-state index in [1.54, 1.807) is 36.4 Å². The summed E-state index contributed by atoms with van der Waals surface area (Å²) >= 11 is 0. The van der Waals surface area contributed by atoms with Crippen molar-refractivity contribution >= 4 is 33.6 Å². The molecule has 0 aliphatic heterocycles. The molecular weight excluding hydrogens is 352 g/mol. The van der Waals surface area contributed by atoms with E-state index >= 15 is 0 Å². The van der Waals surface area contributed by atoms with Crippen molar-refractivity contribution in [3.05, 3.63) is 89.0 Å². The summed E-state index contributed by atoms with van der Waals surface area (Å²) in [6, 6.07) is 20.0. The van der Waals surface area contributed by atoms with E-state index in [-0.39, 0.29) is 11.6 Å². The lowest BCUT2D eigenvalue weighted by Gasteiger charge is -2.17. The van der Waals surface area contributed by atoms with Crippen molar-refractivity contribution in [2.24, 2.45) is 0 Å². The normalized spacial score (nSPS) is 13.1. The molecule has 5 aromatic rings. The number of nitrogens with one attached hydrogen (secondary N) is 1. The zero-order valence-electron chi connectivity index (χ0n) is 14.5. The summed E-state index contributed by atoms with van der Waals surface area (Å²) in [5, 5.41) is 0.972. The smallest absolute Gasteiger partial charge is 0.196 e. The van der Waals surface area contributed by atoms with Crippen LogP contribution >= 0.6 is 0 Å². The first-order valence-electron chi connectivity index (χ1n) is 8.91. The van der Waals surface area contributed by atoms with Gasteiger partial charge in [-0.15, -0.1) is 0 Å². The summed E-state index contributed by atoms with van der Waals surface area (Å²) in [7, 11) is 0. The summed E-state index contributed by atoms with van der Waals surface area (Å²) in [5.74, 6) is 0.777. The number of hydrogen-bond donors (Lipinski definition) is 1. The number of furan rings is 1. The van der Waals surface area contributed by atoms with Gasteiger partial charge in [0.05, 0.1) is 11.1 Å². The summed E-state index contributed by atoms with van der Waals surface area (Å²) in [5.41, 5.74) is 3.53.